The SMILES string of the molecule is COc1cc(O)c2c(=O)c3cc(O[C@@H]4O[C@H](CO)[C@@H](O)[C@H](O)[C@@H]4O)ccc3oc2c1OC. The summed E-state index contributed by atoms with van der Waals surface area (Å²) in [6.07, 6.45) is -7.32. The molecule has 5 N–H and O–H groups in total. The first-order valence-electron chi connectivity index (χ1n) is 9.62. The molecule has 0 saturated carbocycles. The van der Waals surface area contributed by atoms with Gasteiger partial charge in [0.15, 0.2) is 11.3 Å². The molecule has 11 heteroatoms. The Morgan fingerprint density at radius 1 is 1.03 bits per heavy atom. The van der Waals surface area contributed by atoms with Crippen molar-refractivity contribution >= 4 is 21.9 Å². The van der Waals surface area contributed by atoms with Gasteiger partial charge in [0.1, 0.15) is 46.9 Å². The molecule has 5 atom stereocenters. The molecule has 0 bridgehead atoms. The van der Waals surface area contributed by atoms with Crippen LogP contribution in [0.25, 0.3) is 21.9 Å². The highest BCUT2D eigenvalue weighted by atomic mass is 16.7. The molecule has 1 saturated heterocycles. The van der Waals surface area contributed by atoms with Gasteiger partial charge in [-0.15, -0.1) is 0 Å². The molecule has 1 aromatic heterocycles. The topological polar surface area (TPSA) is 168 Å². The summed E-state index contributed by atoms with van der Waals surface area (Å²) in [4.78, 5) is 13.1. The van der Waals surface area contributed by atoms with Crippen molar-refractivity contribution < 1.29 is 48.9 Å². The second kappa shape index (κ2) is 8.45. The van der Waals surface area contributed by atoms with E-state index in [9.17, 15) is 30.3 Å². The molecule has 0 amide bonds. The summed E-state index contributed by atoms with van der Waals surface area (Å²) in [7, 11) is 2.75. The lowest BCUT2D eigenvalue weighted by Crippen LogP contribution is -2.60. The Balaban J connectivity index is 1.78. The van der Waals surface area contributed by atoms with Crippen LogP contribution in [0.4, 0.5) is 0 Å². The first kappa shape index (κ1) is 22.1. The molecule has 3 aromatic rings. The molecule has 4 rings (SSSR count). The summed E-state index contributed by atoms with van der Waals surface area (Å²) in [5, 5.41) is 49.6. The van der Waals surface area contributed by atoms with Gasteiger partial charge in [-0.1, -0.05) is 0 Å². The number of phenolic OH excluding ortho intramolecular Hbond substituents is 1. The zero-order valence-corrected chi connectivity index (χ0v) is 17.1. The normalized spacial score (nSPS) is 25.8. The quantitative estimate of drug-likeness (QED) is 0.328. The maximum atomic E-state index is 13.1. The van der Waals surface area contributed by atoms with Crippen LogP contribution in [-0.4, -0.2) is 77.1 Å². The number of aromatic hydroxyl groups is 1. The molecule has 32 heavy (non-hydrogen) atoms. The van der Waals surface area contributed by atoms with Gasteiger partial charge in [0.2, 0.25) is 17.5 Å². The van der Waals surface area contributed by atoms with Crippen LogP contribution < -0.4 is 19.6 Å². The zero-order chi connectivity index (χ0) is 23.2. The summed E-state index contributed by atoms with van der Waals surface area (Å²) in [5.41, 5.74) is -0.405. The molecule has 2 aromatic carbocycles. The average Bonchev–Trinajstić information content (AvgIpc) is 2.79. The summed E-state index contributed by atoms with van der Waals surface area (Å²) < 4.78 is 27.1. The lowest BCUT2D eigenvalue weighted by molar-refractivity contribution is -0.277. The first-order valence-corrected chi connectivity index (χ1v) is 9.62. The highest BCUT2D eigenvalue weighted by molar-refractivity contribution is 5.97. The Hall–Kier alpha value is -3.09. The number of aliphatic hydroxyl groups is 4. The highest BCUT2D eigenvalue weighted by Crippen LogP contribution is 2.41. The number of fused-ring (bicyclic) bond motifs is 2. The van der Waals surface area contributed by atoms with E-state index >= 15 is 0 Å². The van der Waals surface area contributed by atoms with Crippen molar-refractivity contribution in [3.05, 3.63) is 34.5 Å². The van der Waals surface area contributed by atoms with E-state index in [2.05, 4.69) is 0 Å². The summed E-state index contributed by atoms with van der Waals surface area (Å²) in [5.74, 6) is 0.0329. The Kier molecular flexibility index (Phi) is 5.84. The van der Waals surface area contributed by atoms with E-state index in [4.69, 9.17) is 23.4 Å². The molecule has 2 heterocycles. The van der Waals surface area contributed by atoms with Gasteiger partial charge in [-0.25, -0.2) is 0 Å². The van der Waals surface area contributed by atoms with Crippen molar-refractivity contribution in [2.45, 2.75) is 30.7 Å². The van der Waals surface area contributed by atoms with Crippen molar-refractivity contribution in [2.24, 2.45) is 0 Å². The van der Waals surface area contributed by atoms with Crippen LogP contribution in [0.15, 0.2) is 33.5 Å². The van der Waals surface area contributed by atoms with Crippen LogP contribution in [0.5, 0.6) is 23.0 Å². The monoisotopic (exact) mass is 450 g/mol. The number of hydrogen-bond acceptors (Lipinski definition) is 11. The minimum atomic E-state index is -1.61. The first-order chi connectivity index (χ1) is 15.3. The van der Waals surface area contributed by atoms with Crippen LogP contribution in [0, 0.1) is 0 Å². The fourth-order valence-corrected chi connectivity index (χ4v) is 3.66. The van der Waals surface area contributed by atoms with Gasteiger partial charge in [0.05, 0.1) is 26.2 Å². The van der Waals surface area contributed by atoms with Crippen molar-refractivity contribution in [3.8, 4) is 23.0 Å². The van der Waals surface area contributed by atoms with Gasteiger partial charge in [-0.05, 0) is 18.2 Å². The molecular weight excluding hydrogens is 428 g/mol. The highest BCUT2D eigenvalue weighted by Gasteiger charge is 2.44. The van der Waals surface area contributed by atoms with E-state index in [0.29, 0.717) is 0 Å². The van der Waals surface area contributed by atoms with Gasteiger partial charge < -0.3 is 48.9 Å². The Labute approximate surface area is 180 Å². The van der Waals surface area contributed by atoms with Crippen LogP contribution in [0.3, 0.4) is 0 Å². The van der Waals surface area contributed by atoms with Gasteiger partial charge in [0, 0.05) is 6.07 Å². The number of methoxy groups -OCH3 is 2. The predicted octanol–water partition coefficient (Wildman–Crippen LogP) is -0.152. The maximum Gasteiger partial charge on any atom is 0.229 e. The number of hydrogen-bond donors (Lipinski definition) is 5. The third-order valence-electron chi connectivity index (χ3n) is 5.34. The second-order valence-corrected chi connectivity index (χ2v) is 7.24. The van der Waals surface area contributed by atoms with Crippen molar-refractivity contribution in [1.82, 2.24) is 0 Å². The summed E-state index contributed by atoms with van der Waals surface area (Å²) >= 11 is 0. The summed E-state index contributed by atoms with van der Waals surface area (Å²) in [6.45, 7) is -0.608. The van der Waals surface area contributed by atoms with Crippen LogP contribution in [0.1, 0.15) is 0 Å². The number of benzene rings is 2. The number of phenols is 1. The van der Waals surface area contributed by atoms with E-state index in [-0.39, 0.29) is 44.9 Å². The van der Waals surface area contributed by atoms with E-state index in [1.165, 1.54) is 38.5 Å². The van der Waals surface area contributed by atoms with Gasteiger partial charge in [-0.2, -0.15) is 0 Å². The minimum absolute atomic E-state index is 0.00412. The van der Waals surface area contributed by atoms with Crippen LogP contribution in [-0.2, 0) is 4.74 Å². The van der Waals surface area contributed by atoms with Crippen LogP contribution >= 0.6 is 0 Å². The standard InChI is InChI=1S/C21H22O11/c1-28-12-6-10(23)14-15(24)9-5-8(3-4-11(9)31-20(14)19(12)29-2)30-21-18(27)17(26)16(25)13(7-22)32-21/h3-6,13,16-18,21-23,25-27H,7H2,1-2H3/t13-,16-,17+,18+,21-/m1/s1. The van der Waals surface area contributed by atoms with E-state index in [0.717, 1.165) is 0 Å². The number of aliphatic hydroxyl groups excluding tert-OH is 4. The third-order valence-corrected chi connectivity index (χ3v) is 5.34. The number of ether oxygens (including phenoxy) is 4. The maximum absolute atomic E-state index is 13.1. The molecule has 0 spiro atoms. The molecule has 11 nitrogen and oxygen atoms in total. The fraction of sp³-hybridized carbons (Fsp3) is 0.381. The van der Waals surface area contributed by atoms with Crippen molar-refractivity contribution in [2.75, 3.05) is 20.8 Å². The van der Waals surface area contributed by atoms with Crippen LogP contribution in [0.2, 0.25) is 0 Å². The Bertz CT molecular complexity index is 1200. The van der Waals surface area contributed by atoms with Gasteiger partial charge in [0.25, 0.3) is 0 Å². The lowest BCUT2D eigenvalue weighted by Gasteiger charge is -2.39. The van der Waals surface area contributed by atoms with E-state index in [1.807, 2.05) is 0 Å². The second-order valence-electron chi connectivity index (χ2n) is 7.24. The number of rotatable bonds is 5. The van der Waals surface area contributed by atoms with Crippen molar-refractivity contribution in [3.63, 3.8) is 0 Å². The lowest BCUT2D eigenvalue weighted by atomic mass is 9.99. The zero-order valence-electron chi connectivity index (χ0n) is 17.1. The largest absolute Gasteiger partial charge is 0.507 e. The smallest absolute Gasteiger partial charge is 0.229 e. The Morgan fingerprint density at radius 2 is 1.78 bits per heavy atom. The minimum Gasteiger partial charge on any atom is -0.507 e. The molecule has 0 unspecified atom stereocenters. The van der Waals surface area contributed by atoms with E-state index < -0.39 is 42.7 Å². The molecule has 0 radical (unpaired) electrons. The third kappa shape index (κ3) is 3.49. The van der Waals surface area contributed by atoms with Gasteiger partial charge >= 0.3 is 0 Å². The van der Waals surface area contributed by atoms with Crippen molar-refractivity contribution in [1.29, 1.82) is 0 Å². The Morgan fingerprint density at radius 3 is 2.44 bits per heavy atom. The molecule has 0 aliphatic carbocycles. The fourth-order valence-electron chi connectivity index (χ4n) is 3.66. The molecule has 172 valence electrons. The molecular formula is C21H22O11. The average molecular weight is 450 g/mol. The molecule has 1 fully saturated rings. The summed E-state index contributed by atoms with van der Waals surface area (Å²) in [6, 6.07) is 5.42. The predicted molar refractivity (Wildman–Crippen MR) is 109 cm³/mol. The molecule has 1 aliphatic heterocycles. The molecule has 1 aliphatic rings. The van der Waals surface area contributed by atoms with Gasteiger partial charge in [-0.3, -0.25) is 4.79 Å². The van der Waals surface area contributed by atoms with E-state index in [1.54, 1.807) is 0 Å².